The third kappa shape index (κ3) is 7.24. The van der Waals surface area contributed by atoms with Gasteiger partial charge >= 0.3 is 11.9 Å². The third-order valence-electron chi connectivity index (χ3n) is 9.68. The predicted molar refractivity (Wildman–Crippen MR) is 181 cm³/mol. The number of carbonyl (C=O) groups is 2. The maximum Gasteiger partial charge on any atom is 0.360 e. The molecule has 4 aromatic heterocycles. The minimum absolute atomic E-state index is 0.188. The molecule has 0 atom stereocenters. The number of carbonyl (C=O) groups excluding carboxylic acids is 2. The predicted octanol–water partition coefficient (Wildman–Crippen LogP) is 4.21. The molecule has 8 rings (SSSR count). The van der Waals surface area contributed by atoms with Crippen LogP contribution in [0.5, 0.6) is 0 Å². The highest BCUT2D eigenvalue weighted by Gasteiger charge is 2.53. The Balaban J connectivity index is 0.000000154. The summed E-state index contributed by atoms with van der Waals surface area (Å²) in [7, 11) is 0. The number of ether oxygens (including phenoxy) is 2. The number of rotatable bonds is 11. The quantitative estimate of drug-likeness (QED) is 0.164. The minimum Gasteiger partial charge on any atom is -0.461 e. The van der Waals surface area contributed by atoms with E-state index in [-0.39, 0.29) is 11.4 Å². The van der Waals surface area contributed by atoms with Crippen LogP contribution < -0.4 is 9.80 Å². The van der Waals surface area contributed by atoms with Crippen molar-refractivity contribution in [2.75, 3.05) is 49.2 Å². The van der Waals surface area contributed by atoms with Gasteiger partial charge in [0.25, 0.3) is 0 Å². The lowest BCUT2D eigenvalue weighted by atomic mass is 9.97. The largest absolute Gasteiger partial charge is 0.461 e. The lowest BCUT2D eigenvalue weighted by molar-refractivity contribution is 0.0510. The summed E-state index contributed by atoms with van der Waals surface area (Å²) in [6, 6.07) is 8.14. The molecule has 2 saturated carbocycles. The van der Waals surface area contributed by atoms with Gasteiger partial charge in [-0.15, -0.1) is 10.2 Å². The van der Waals surface area contributed by atoms with E-state index < -0.39 is 11.9 Å². The van der Waals surface area contributed by atoms with Gasteiger partial charge in [-0.25, -0.2) is 28.9 Å². The van der Waals surface area contributed by atoms with E-state index in [1.807, 2.05) is 12.1 Å². The van der Waals surface area contributed by atoms with Gasteiger partial charge in [0.1, 0.15) is 16.8 Å². The summed E-state index contributed by atoms with van der Waals surface area (Å²) < 4.78 is 13.1. The molecule has 0 radical (unpaired) electrons. The summed E-state index contributed by atoms with van der Waals surface area (Å²) >= 11 is 6.32. The molecule has 4 aromatic rings. The second-order valence-electron chi connectivity index (χ2n) is 13.5. The van der Waals surface area contributed by atoms with E-state index in [2.05, 4.69) is 54.5 Å². The highest BCUT2D eigenvalue weighted by molar-refractivity contribution is 6.30. The summed E-state index contributed by atoms with van der Waals surface area (Å²) in [6.07, 6.45) is 9.46. The molecule has 4 aliphatic rings. The molecule has 0 unspecified atom stereocenters. The van der Waals surface area contributed by atoms with E-state index in [9.17, 15) is 9.59 Å². The van der Waals surface area contributed by atoms with Gasteiger partial charge in [-0.1, -0.05) is 41.1 Å². The van der Waals surface area contributed by atoms with Crippen molar-refractivity contribution in [2.45, 2.75) is 66.0 Å². The molecule has 0 bridgehead atoms. The van der Waals surface area contributed by atoms with Gasteiger partial charge in [0.05, 0.1) is 38.7 Å². The Bertz CT molecular complexity index is 1830. The molecule has 2 saturated heterocycles. The summed E-state index contributed by atoms with van der Waals surface area (Å²) in [6.45, 7) is 11.7. The molecule has 2 aliphatic heterocycles. The first kappa shape index (κ1) is 32.9. The van der Waals surface area contributed by atoms with Crippen LogP contribution >= 0.6 is 11.6 Å². The van der Waals surface area contributed by atoms with E-state index in [0.717, 1.165) is 61.1 Å². The first-order valence-electron chi connectivity index (χ1n) is 17.0. The molecule has 0 aromatic carbocycles. The first-order valence-corrected chi connectivity index (χ1v) is 17.4. The molecule has 15 heteroatoms. The van der Waals surface area contributed by atoms with Gasteiger partial charge in [0, 0.05) is 48.3 Å². The normalized spacial score (nSPS) is 17.6. The van der Waals surface area contributed by atoms with E-state index >= 15 is 0 Å². The molecule has 49 heavy (non-hydrogen) atoms. The number of nitrogens with zero attached hydrogens (tertiary/aromatic N) is 10. The lowest BCUT2D eigenvalue weighted by Crippen LogP contribution is -2.48. The summed E-state index contributed by atoms with van der Waals surface area (Å²) in [4.78, 5) is 37.3. The lowest BCUT2D eigenvalue weighted by Gasteiger charge is -2.41. The van der Waals surface area contributed by atoms with Crippen LogP contribution in [0.15, 0.2) is 36.7 Å². The van der Waals surface area contributed by atoms with Crippen molar-refractivity contribution in [1.82, 2.24) is 40.0 Å². The van der Waals surface area contributed by atoms with Crippen molar-refractivity contribution in [3.63, 3.8) is 0 Å². The molecular formula is C34H41ClN10O4. The number of esters is 2. The monoisotopic (exact) mass is 688 g/mol. The number of pyridine rings is 2. The van der Waals surface area contributed by atoms with Crippen molar-refractivity contribution in [2.24, 2.45) is 10.8 Å². The zero-order valence-electron chi connectivity index (χ0n) is 28.1. The van der Waals surface area contributed by atoms with Gasteiger partial charge in [-0.05, 0) is 63.6 Å². The van der Waals surface area contributed by atoms with Crippen LogP contribution in [0.1, 0.15) is 84.3 Å². The summed E-state index contributed by atoms with van der Waals surface area (Å²) in [5, 5.41) is 16.1. The Kier molecular flexibility index (Phi) is 8.99. The van der Waals surface area contributed by atoms with E-state index in [4.69, 9.17) is 26.1 Å². The molecule has 2 aliphatic carbocycles. The number of anilines is 2. The molecule has 0 amide bonds. The van der Waals surface area contributed by atoms with Gasteiger partial charge in [0.15, 0.2) is 11.4 Å². The Morgan fingerprint density at radius 2 is 1.18 bits per heavy atom. The van der Waals surface area contributed by atoms with E-state index in [0.29, 0.717) is 42.3 Å². The van der Waals surface area contributed by atoms with Crippen LogP contribution in [0.2, 0.25) is 5.15 Å². The fourth-order valence-electron chi connectivity index (χ4n) is 6.43. The molecule has 6 heterocycles. The molecule has 2 spiro atoms. The number of hydrogen-bond donors (Lipinski definition) is 0. The van der Waals surface area contributed by atoms with Crippen molar-refractivity contribution in [3.05, 3.63) is 70.0 Å². The zero-order valence-corrected chi connectivity index (χ0v) is 28.9. The average Bonchev–Trinajstić information content (AvgIpc) is 3.95. The van der Waals surface area contributed by atoms with Crippen LogP contribution in [0, 0.1) is 10.8 Å². The van der Waals surface area contributed by atoms with Crippen molar-refractivity contribution in [3.8, 4) is 0 Å². The smallest absolute Gasteiger partial charge is 0.360 e. The summed E-state index contributed by atoms with van der Waals surface area (Å²) in [5.74, 6) is 1.08. The van der Waals surface area contributed by atoms with Crippen LogP contribution in [0.4, 0.5) is 11.6 Å². The Labute approximate surface area is 289 Å². The standard InChI is InChI=1S/C18H23N5O2.C16H18ClN5O2/c1-3-14-13(9-23-10-15(20-21-23)17(24)25-4-2)5-6-16(19-14)22-11-18(12-22)7-8-18;1-2-24-15(23)12-8-22(20-19-12)7-11-3-4-13(18-14(11)17)21-9-16(10-21)5-6-16/h5-6,10H,3-4,7-9,11-12H2,1-2H3;3-4,8H,2,5-7,9-10H2,1H3. The van der Waals surface area contributed by atoms with Crippen molar-refractivity contribution < 1.29 is 19.1 Å². The number of hydrogen-bond acceptors (Lipinski definition) is 12. The number of halogens is 1. The SMILES string of the molecule is CCOC(=O)c1cn(Cc2ccc(N3CC4(CC4)C3)nc2CC)nn1.CCOC(=O)c1cn(Cc2ccc(N3CC4(CC4)C3)nc2Cl)nn1. The first-order chi connectivity index (χ1) is 23.7. The third-order valence-corrected chi connectivity index (χ3v) is 10.0. The Morgan fingerprint density at radius 3 is 1.63 bits per heavy atom. The highest BCUT2D eigenvalue weighted by atomic mass is 35.5. The highest BCUT2D eigenvalue weighted by Crippen LogP contribution is 2.54. The van der Waals surface area contributed by atoms with Gasteiger partial charge in [-0.3, -0.25) is 0 Å². The van der Waals surface area contributed by atoms with Crippen LogP contribution in [-0.4, -0.2) is 91.3 Å². The minimum atomic E-state index is -0.477. The van der Waals surface area contributed by atoms with Crippen molar-refractivity contribution >= 4 is 35.2 Å². The molecule has 0 N–H and O–H groups in total. The Morgan fingerprint density at radius 1 is 0.714 bits per heavy atom. The van der Waals surface area contributed by atoms with Crippen molar-refractivity contribution in [1.29, 1.82) is 0 Å². The van der Waals surface area contributed by atoms with Crippen LogP contribution in [0.25, 0.3) is 0 Å². The Hall–Kier alpha value is -4.59. The fraction of sp³-hybridized carbons (Fsp3) is 0.529. The van der Waals surface area contributed by atoms with E-state index in [1.165, 1.54) is 25.7 Å². The second-order valence-corrected chi connectivity index (χ2v) is 13.9. The van der Waals surface area contributed by atoms with Crippen LogP contribution in [-0.2, 0) is 29.0 Å². The van der Waals surface area contributed by atoms with Gasteiger partial charge in [0.2, 0.25) is 0 Å². The maximum atomic E-state index is 11.7. The summed E-state index contributed by atoms with van der Waals surface area (Å²) in [5.41, 5.74) is 4.64. The van der Waals surface area contributed by atoms with Gasteiger partial charge in [-0.2, -0.15) is 0 Å². The maximum absolute atomic E-state index is 11.7. The molecule has 14 nitrogen and oxygen atoms in total. The number of aromatic nitrogens is 8. The number of aryl methyl sites for hydroxylation is 1. The second kappa shape index (κ2) is 13.4. The zero-order chi connectivity index (χ0) is 34.2. The molecular weight excluding hydrogens is 648 g/mol. The molecule has 4 fully saturated rings. The van der Waals surface area contributed by atoms with Crippen LogP contribution in [0.3, 0.4) is 0 Å². The topological polar surface area (TPSA) is 146 Å². The average molecular weight is 689 g/mol. The molecule has 258 valence electrons. The van der Waals surface area contributed by atoms with E-state index in [1.54, 1.807) is 35.6 Å². The fourth-order valence-corrected chi connectivity index (χ4v) is 6.64. The van der Waals surface area contributed by atoms with Gasteiger partial charge < -0.3 is 19.3 Å².